The molecule has 4 N–H and O–H groups in total. The smallest absolute Gasteiger partial charge is 0.267 e. The first-order chi connectivity index (χ1) is 17.0. The molecule has 0 spiro atoms. The Morgan fingerprint density at radius 1 is 1.23 bits per heavy atom. The van der Waals surface area contributed by atoms with Gasteiger partial charge in [-0.1, -0.05) is 41.9 Å². The highest BCUT2D eigenvalue weighted by Crippen LogP contribution is 2.37. The summed E-state index contributed by atoms with van der Waals surface area (Å²) in [5.74, 6) is -0.536. The highest BCUT2D eigenvalue weighted by Gasteiger charge is 2.28. The van der Waals surface area contributed by atoms with Crippen molar-refractivity contribution in [3.8, 4) is 0 Å². The van der Waals surface area contributed by atoms with E-state index in [1.165, 1.54) is 39.2 Å². The summed E-state index contributed by atoms with van der Waals surface area (Å²) >= 11 is 6.17. The van der Waals surface area contributed by atoms with Crippen molar-refractivity contribution in [2.75, 3.05) is 6.54 Å². The van der Waals surface area contributed by atoms with Gasteiger partial charge in [0.25, 0.3) is 5.91 Å². The maximum Gasteiger partial charge on any atom is 0.267 e. The van der Waals surface area contributed by atoms with Gasteiger partial charge < -0.3 is 9.97 Å². The first kappa shape index (κ1) is 23.4. The normalized spacial score (nSPS) is 15.4. The number of nitrogens with one attached hydrogen (secondary N) is 3. The van der Waals surface area contributed by atoms with E-state index in [-0.39, 0.29) is 0 Å². The van der Waals surface area contributed by atoms with Gasteiger partial charge in [0.15, 0.2) is 0 Å². The Hall–Kier alpha value is -3.32. The van der Waals surface area contributed by atoms with Crippen LogP contribution in [0.15, 0.2) is 60.8 Å². The van der Waals surface area contributed by atoms with Gasteiger partial charge in [0.05, 0.1) is 0 Å². The number of aromatic nitrogens is 2. The first-order valence-corrected chi connectivity index (χ1v) is 12.3. The molecule has 35 heavy (non-hydrogen) atoms. The molecule has 0 saturated heterocycles. The van der Waals surface area contributed by atoms with Crippen LogP contribution >= 0.6 is 11.6 Å². The Morgan fingerprint density at radius 3 is 2.91 bits per heavy atom. The Labute approximate surface area is 209 Å². The van der Waals surface area contributed by atoms with Crippen LogP contribution in [0.25, 0.3) is 17.0 Å². The van der Waals surface area contributed by atoms with Gasteiger partial charge in [0, 0.05) is 48.0 Å². The Kier molecular flexibility index (Phi) is 6.77. The Bertz CT molecular complexity index is 1390. The summed E-state index contributed by atoms with van der Waals surface area (Å²) in [6.07, 6.45) is 8.16. The summed E-state index contributed by atoms with van der Waals surface area (Å²) in [7, 11) is 0. The fraction of sp³-hybridized carbons (Fsp3) is 0.250. The van der Waals surface area contributed by atoms with E-state index in [0.717, 1.165) is 43.6 Å². The van der Waals surface area contributed by atoms with Crippen LogP contribution in [-0.4, -0.2) is 32.5 Å². The third kappa shape index (κ3) is 5.20. The fourth-order valence-electron chi connectivity index (χ4n) is 5.14. The van der Waals surface area contributed by atoms with Gasteiger partial charge >= 0.3 is 0 Å². The fourth-order valence-corrected chi connectivity index (χ4v) is 5.33. The molecule has 0 aliphatic heterocycles. The van der Waals surface area contributed by atoms with Crippen LogP contribution in [0, 0.1) is 6.92 Å². The third-order valence-electron chi connectivity index (χ3n) is 6.87. The largest absolute Gasteiger partial charge is 0.361 e. The lowest BCUT2D eigenvalue weighted by Gasteiger charge is -2.29. The molecule has 0 fully saturated rings. The number of hydrogen-bond acceptors (Lipinski definition) is 3. The van der Waals surface area contributed by atoms with E-state index >= 15 is 0 Å². The van der Waals surface area contributed by atoms with E-state index in [2.05, 4.69) is 64.4 Å². The average molecular weight is 489 g/mol. The molecule has 1 aliphatic carbocycles. The minimum absolute atomic E-state index is 0.304. The molecule has 1 atom stereocenters. The number of halogens is 1. The number of nitrogens with zero attached hydrogens (tertiary/aromatic N) is 1. The van der Waals surface area contributed by atoms with E-state index in [9.17, 15) is 4.79 Å². The van der Waals surface area contributed by atoms with Crippen molar-refractivity contribution in [2.45, 2.75) is 38.8 Å². The number of benzene rings is 2. The molecular weight excluding hydrogens is 460 g/mol. The average Bonchev–Trinajstić information content (AvgIpc) is 3.58. The molecule has 0 bridgehead atoms. The second-order valence-corrected chi connectivity index (χ2v) is 9.64. The lowest BCUT2D eigenvalue weighted by molar-refractivity contribution is -0.124. The van der Waals surface area contributed by atoms with Gasteiger partial charge in [-0.05, 0) is 78.3 Å². The number of rotatable bonds is 8. The van der Waals surface area contributed by atoms with Crippen molar-refractivity contribution in [3.63, 3.8) is 0 Å². The second-order valence-electron chi connectivity index (χ2n) is 9.24. The van der Waals surface area contributed by atoms with Gasteiger partial charge in [-0.25, -0.2) is 5.48 Å². The number of aryl methyl sites for hydroxylation is 2. The number of fused-ring (bicyclic) bond motifs is 2. The van der Waals surface area contributed by atoms with E-state index < -0.39 is 5.91 Å². The van der Waals surface area contributed by atoms with Crippen molar-refractivity contribution in [1.82, 2.24) is 20.3 Å². The van der Waals surface area contributed by atoms with E-state index in [0.29, 0.717) is 11.2 Å². The molecule has 180 valence electrons. The molecule has 2 heterocycles. The molecule has 2 aromatic heterocycles. The van der Waals surface area contributed by atoms with Crippen molar-refractivity contribution >= 4 is 34.5 Å². The van der Waals surface area contributed by atoms with Crippen molar-refractivity contribution in [1.29, 1.82) is 0 Å². The number of amides is 1. The third-order valence-corrected chi connectivity index (χ3v) is 7.09. The molecular formula is C28H29ClN4O2. The van der Waals surface area contributed by atoms with E-state index in [4.69, 9.17) is 16.8 Å². The van der Waals surface area contributed by atoms with Crippen LogP contribution in [0.5, 0.6) is 0 Å². The van der Waals surface area contributed by atoms with Crippen LogP contribution < -0.4 is 5.48 Å². The number of carbonyl (C=O) groups is 1. The minimum atomic E-state index is -0.536. The standard InChI is InChI=1S/C28H29ClN4O2/c1-18-2-7-23-21(16-30-25(23)14-18)12-13-33(17-22-6-10-27(29)31-22)26-9-5-20-15-19(3-8-24(20)26)4-11-28(34)32-35/h2-4,6-8,10-11,14-16,26,30-31,35H,5,9,12-13,17H2,1H3,(H,32,34). The van der Waals surface area contributed by atoms with Crippen LogP contribution in [0.1, 0.15) is 46.0 Å². The van der Waals surface area contributed by atoms with Crippen LogP contribution in [0.2, 0.25) is 5.15 Å². The summed E-state index contributed by atoms with van der Waals surface area (Å²) < 4.78 is 0. The van der Waals surface area contributed by atoms with Crippen molar-refractivity contribution in [2.24, 2.45) is 0 Å². The summed E-state index contributed by atoms with van der Waals surface area (Å²) in [6, 6.07) is 17.2. The molecule has 6 nitrogen and oxygen atoms in total. The molecule has 7 heteroatoms. The Morgan fingerprint density at radius 2 is 2.11 bits per heavy atom. The van der Waals surface area contributed by atoms with Gasteiger partial charge in [0.1, 0.15) is 5.15 Å². The zero-order chi connectivity index (χ0) is 24.4. The number of hydrogen-bond donors (Lipinski definition) is 4. The predicted molar refractivity (Wildman–Crippen MR) is 139 cm³/mol. The SMILES string of the molecule is Cc1ccc2c(CCN(Cc3ccc(Cl)[nH]3)C3CCc4cc(C=CC(=O)NO)ccc43)c[nH]c2c1. The maximum absolute atomic E-state index is 11.3. The summed E-state index contributed by atoms with van der Waals surface area (Å²) in [4.78, 5) is 20.6. The van der Waals surface area contributed by atoms with Crippen LogP contribution in [0.3, 0.4) is 0 Å². The van der Waals surface area contributed by atoms with E-state index in [1.54, 1.807) is 11.6 Å². The van der Waals surface area contributed by atoms with Gasteiger partial charge in [-0.2, -0.15) is 0 Å². The topological polar surface area (TPSA) is 84.2 Å². The monoisotopic (exact) mass is 488 g/mol. The number of carbonyl (C=O) groups excluding carboxylic acids is 1. The minimum Gasteiger partial charge on any atom is -0.361 e. The summed E-state index contributed by atoms with van der Waals surface area (Å²) in [5, 5.41) is 10.6. The molecule has 0 saturated carbocycles. The molecule has 1 unspecified atom stereocenters. The number of aromatic amines is 2. The second kappa shape index (κ2) is 10.1. The summed E-state index contributed by atoms with van der Waals surface area (Å²) in [5.41, 5.74) is 10.1. The van der Waals surface area contributed by atoms with Gasteiger partial charge in [-0.15, -0.1) is 0 Å². The van der Waals surface area contributed by atoms with Crippen molar-refractivity contribution < 1.29 is 10.0 Å². The molecule has 1 amide bonds. The lowest BCUT2D eigenvalue weighted by Crippen LogP contribution is -2.29. The number of hydroxylamine groups is 1. The van der Waals surface area contributed by atoms with E-state index in [1.807, 2.05) is 12.1 Å². The highest BCUT2D eigenvalue weighted by atomic mass is 35.5. The number of H-pyrrole nitrogens is 2. The maximum atomic E-state index is 11.3. The molecule has 0 radical (unpaired) electrons. The molecule has 4 aromatic rings. The predicted octanol–water partition coefficient (Wildman–Crippen LogP) is 5.71. The quantitative estimate of drug-likeness (QED) is 0.146. The van der Waals surface area contributed by atoms with Crippen LogP contribution in [-0.2, 0) is 24.2 Å². The summed E-state index contributed by atoms with van der Waals surface area (Å²) in [6.45, 7) is 3.82. The lowest BCUT2D eigenvalue weighted by atomic mass is 10.0. The Balaban J connectivity index is 1.38. The first-order valence-electron chi connectivity index (χ1n) is 11.9. The van der Waals surface area contributed by atoms with Crippen LogP contribution in [0.4, 0.5) is 0 Å². The van der Waals surface area contributed by atoms with Crippen molar-refractivity contribution in [3.05, 3.63) is 99.5 Å². The zero-order valence-corrected chi connectivity index (χ0v) is 20.4. The van der Waals surface area contributed by atoms with Gasteiger partial charge in [0.2, 0.25) is 0 Å². The highest BCUT2D eigenvalue weighted by molar-refractivity contribution is 6.29. The molecule has 2 aromatic carbocycles. The molecule has 5 rings (SSSR count). The molecule has 1 aliphatic rings. The zero-order valence-electron chi connectivity index (χ0n) is 19.6. The van der Waals surface area contributed by atoms with Gasteiger partial charge in [-0.3, -0.25) is 14.9 Å².